The van der Waals surface area contributed by atoms with E-state index in [1.165, 1.54) is 0 Å². The number of carbonyl (C=O) groups excluding carboxylic acids is 1. The maximum Gasteiger partial charge on any atom is 0.231 e. The van der Waals surface area contributed by atoms with E-state index in [0.717, 1.165) is 39.2 Å². The number of aryl methyl sites for hydroxylation is 1. The van der Waals surface area contributed by atoms with Crippen molar-refractivity contribution in [2.24, 2.45) is 5.92 Å². The Morgan fingerprint density at radius 2 is 1.93 bits per heavy atom. The highest BCUT2D eigenvalue weighted by Gasteiger charge is 2.16. The van der Waals surface area contributed by atoms with Crippen LogP contribution in [0.1, 0.15) is 19.4 Å². The summed E-state index contributed by atoms with van der Waals surface area (Å²) in [7, 11) is 0. The number of H-pyrrole nitrogens is 1. The van der Waals surface area contributed by atoms with Crippen LogP contribution in [0, 0.1) is 12.8 Å². The molecule has 0 fully saturated rings. The van der Waals surface area contributed by atoms with Gasteiger partial charge in [0.25, 0.3) is 0 Å². The molecule has 0 aliphatic rings. The molecule has 2 N–H and O–H groups in total. The van der Waals surface area contributed by atoms with Gasteiger partial charge in [0.2, 0.25) is 11.8 Å². The van der Waals surface area contributed by atoms with E-state index in [-0.39, 0.29) is 11.8 Å². The quantitative estimate of drug-likeness (QED) is 0.548. The van der Waals surface area contributed by atoms with Crippen LogP contribution in [0.15, 0.2) is 53.1 Å². The van der Waals surface area contributed by atoms with Crippen molar-refractivity contribution in [2.75, 3.05) is 5.32 Å². The zero-order valence-electron chi connectivity index (χ0n) is 15.4. The third-order valence-electron chi connectivity index (χ3n) is 4.38. The fraction of sp³-hybridized carbons (Fsp3) is 0.190. The minimum Gasteiger partial charge on any atom is -0.436 e. The molecule has 6 nitrogen and oxygen atoms in total. The number of nitrogens with one attached hydrogen (secondary N) is 2. The predicted molar refractivity (Wildman–Crippen MR) is 105 cm³/mol. The first-order chi connectivity index (χ1) is 13.0. The van der Waals surface area contributed by atoms with E-state index in [1.807, 2.05) is 63.2 Å². The summed E-state index contributed by atoms with van der Waals surface area (Å²) >= 11 is 0. The second-order valence-corrected chi connectivity index (χ2v) is 6.87. The first-order valence-electron chi connectivity index (χ1n) is 8.83. The minimum atomic E-state index is -0.0633. The molecule has 0 spiro atoms. The second kappa shape index (κ2) is 6.72. The summed E-state index contributed by atoms with van der Waals surface area (Å²) in [5.74, 6) is 0.454. The smallest absolute Gasteiger partial charge is 0.231 e. The van der Waals surface area contributed by atoms with E-state index in [1.54, 1.807) is 6.20 Å². The average Bonchev–Trinajstić information content (AvgIpc) is 3.28. The Kier molecular flexibility index (Phi) is 4.24. The topological polar surface area (TPSA) is 83.8 Å². The molecule has 27 heavy (non-hydrogen) atoms. The summed E-state index contributed by atoms with van der Waals surface area (Å²) in [4.78, 5) is 16.4. The molecule has 0 aliphatic heterocycles. The summed E-state index contributed by atoms with van der Waals surface area (Å²) in [6.45, 7) is 5.75. The summed E-state index contributed by atoms with van der Waals surface area (Å²) in [5, 5.41) is 10.1. The Morgan fingerprint density at radius 3 is 2.67 bits per heavy atom. The van der Waals surface area contributed by atoms with Crippen molar-refractivity contribution in [3.63, 3.8) is 0 Å². The van der Waals surface area contributed by atoms with Gasteiger partial charge in [-0.2, -0.15) is 5.10 Å². The minimum absolute atomic E-state index is 0.00764. The van der Waals surface area contributed by atoms with Crippen LogP contribution in [0.25, 0.3) is 33.8 Å². The lowest BCUT2D eigenvalue weighted by atomic mass is 10.1. The molecule has 2 aromatic carbocycles. The largest absolute Gasteiger partial charge is 0.436 e. The molecule has 2 heterocycles. The van der Waals surface area contributed by atoms with E-state index in [4.69, 9.17) is 4.42 Å². The molecule has 0 saturated carbocycles. The molecular weight excluding hydrogens is 340 g/mol. The number of oxazole rings is 1. The fourth-order valence-electron chi connectivity index (χ4n) is 2.83. The van der Waals surface area contributed by atoms with Gasteiger partial charge in [-0.15, -0.1) is 0 Å². The molecule has 0 saturated heterocycles. The van der Waals surface area contributed by atoms with E-state index >= 15 is 0 Å². The Bertz CT molecular complexity index is 1110. The van der Waals surface area contributed by atoms with Gasteiger partial charge < -0.3 is 9.73 Å². The lowest BCUT2D eigenvalue weighted by molar-refractivity contribution is -0.118. The van der Waals surface area contributed by atoms with Gasteiger partial charge >= 0.3 is 0 Å². The van der Waals surface area contributed by atoms with E-state index in [9.17, 15) is 4.79 Å². The molecule has 4 rings (SSSR count). The maximum atomic E-state index is 11.8. The lowest BCUT2D eigenvalue weighted by Crippen LogP contribution is -2.17. The SMILES string of the molecule is Cc1ccc2oc(-c3cn[nH]c3-c3ccc(NC(=O)C(C)C)cc3)nc2c1. The predicted octanol–water partition coefficient (Wildman–Crippen LogP) is 4.79. The zero-order chi connectivity index (χ0) is 19.0. The standard InChI is InChI=1S/C21H20N4O2/c1-12(2)20(26)23-15-7-5-14(6-8-15)19-16(11-22-25-19)21-24-17-10-13(3)4-9-18(17)27-21/h4-12H,1-3H3,(H,22,25)(H,23,26). The number of hydrogen-bond acceptors (Lipinski definition) is 4. The van der Waals surface area contributed by atoms with E-state index < -0.39 is 0 Å². The van der Waals surface area contributed by atoms with Gasteiger partial charge in [0.1, 0.15) is 5.52 Å². The van der Waals surface area contributed by atoms with Crippen LogP contribution in [0.2, 0.25) is 0 Å². The average molecular weight is 360 g/mol. The van der Waals surface area contributed by atoms with Crippen LogP contribution in [-0.4, -0.2) is 21.1 Å². The number of aromatic nitrogens is 3. The number of benzene rings is 2. The highest BCUT2D eigenvalue weighted by atomic mass is 16.3. The van der Waals surface area contributed by atoms with Crippen LogP contribution in [-0.2, 0) is 4.79 Å². The molecule has 4 aromatic rings. The zero-order valence-corrected chi connectivity index (χ0v) is 15.4. The Hall–Kier alpha value is -3.41. The van der Waals surface area contributed by atoms with Crippen molar-refractivity contribution in [3.8, 4) is 22.7 Å². The van der Waals surface area contributed by atoms with Crippen LogP contribution < -0.4 is 5.32 Å². The molecule has 0 atom stereocenters. The van der Waals surface area contributed by atoms with Gasteiger partial charge in [-0.05, 0) is 36.8 Å². The molecule has 0 radical (unpaired) electrons. The lowest BCUT2D eigenvalue weighted by Gasteiger charge is -2.08. The first-order valence-corrected chi connectivity index (χ1v) is 8.83. The summed E-state index contributed by atoms with van der Waals surface area (Å²) in [5.41, 5.74) is 6.01. The Labute approximate surface area is 156 Å². The highest BCUT2D eigenvalue weighted by Crippen LogP contribution is 2.32. The molecule has 2 aromatic heterocycles. The first kappa shape index (κ1) is 17.0. The second-order valence-electron chi connectivity index (χ2n) is 6.87. The number of carbonyl (C=O) groups is 1. The molecule has 136 valence electrons. The number of aromatic amines is 1. The Balaban J connectivity index is 1.66. The summed E-state index contributed by atoms with van der Waals surface area (Å²) < 4.78 is 5.90. The van der Waals surface area contributed by atoms with Crippen LogP contribution in [0.4, 0.5) is 5.69 Å². The number of anilines is 1. The molecule has 0 unspecified atom stereocenters. The highest BCUT2D eigenvalue weighted by molar-refractivity contribution is 5.92. The third-order valence-corrected chi connectivity index (χ3v) is 4.38. The Morgan fingerprint density at radius 1 is 1.15 bits per heavy atom. The van der Waals surface area contributed by atoms with Crippen molar-refractivity contribution in [3.05, 3.63) is 54.2 Å². The number of nitrogens with zero attached hydrogens (tertiary/aromatic N) is 2. The molecular formula is C21H20N4O2. The monoisotopic (exact) mass is 360 g/mol. The van der Waals surface area contributed by atoms with Crippen molar-refractivity contribution >= 4 is 22.7 Å². The number of fused-ring (bicyclic) bond motifs is 1. The van der Waals surface area contributed by atoms with Crippen LogP contribution in [0.3, 0.4) is 0 Å². The van der Waals surface area contributed by atoms with Gasteiger partial charge in [0, 0.05) is 17.2 Å². The van der Waals surface area contributed by atoms with Crippen LogP contribution in [0.5, 0.6) is 0 Å². The third kappa shape index (κ3) is 3.33. The number of rotatable bonds is 4. The maximum absolute atomic E-state index is 11.8. The molecule has 0 bridgehead atoms. The van der Waals surface area contributed by atoms with Crippen LogP contribution >= 0.6 is 0 Å². The van der Waals surface area contributed by atoms with Gasteiger partial charge in [-0.1, -0.05) is 32.0 Å². The van der Waals surface area contributed by atoms with Gasteiger partial charge in [-0.25, -0.2) is 4.98 Å². The fourth-order valence-corrected chi connectivity index (χ4v) is 2.83. The van der Waals surface area contributed by atoms with Gasteiger partial charge in [0.05, 0.1) is 17.5 Å². The molecule has 1 amide bonds. The van der Waals surface area contributed by atoms with E-state index in [2.05, 4.69) is 20.5 Å². The number of amides is 1. The van der Waals surface area contributed by atoms with Crippen molar-refractivity contribution in [2.45, 2.75) is 20.8 Å². The van der Waals surface area contributed by atoms with E-state index in [0.29, 0.717) is 5.89 Å². The van der Waals surface area contributed by atoms with Gasteiger partial charge in [-0.3, -0.25) is 9.89 Å². The van der Waals surface area contributed by atoms with Crippen molar-refractivity contribution in [1.29, 1.82) is 0 Å². The van der Waals surface area contributed by atoms with Gasteiger partial charge in [0.15, 0.2) is 5.58 Å². The normalized spacial score (nSPS) is 11.3. The summed E-state index contributed by atoms with van der Waals surface area (Å²) in [6, 6.07) is 13.5. The molecule has 6 heteroatoms. The van der Waals surface area contributed by atoms with Crippen molar-refractivity contribution in [1.82, 2.24) is 15.2 Å². The summed E-state index contributed by atoms with van der Waals surface area (Å²) in [6.07, 6.45) is 1.71. The number of hydrogen-bond donors (Lipinski definition) is 2. The van der Waals surface area contributed by atoms with Crippen molar-refractivity contribution < 1.29 is 9.21 Å². The molecule has 0 aliphatic carbocycles.